The molecule has 2 fully saturated rings. The minimum absolute atomic E-state index is 0.0133. The molecule has 39 heavy (non-hydrogen) atoms. The third kappa shape index (κ3) is 6.81. The van der Waals surface area contributed by atoms with Gasteiger partial charge < -0.3 is 37.4 Å². The largest absolute Gasteiger partial charge is 0.481 e. The van der Waals surface area contributed by atoms with Gasteiger partial charge in [-0.25, -0.2) is 14.8 Å². The summed E-state index contributed by atoms with van der Waals surface area (Å²) in [7, 11) is 0. The number of nitrogen functional groups attached to an aromatic ring is 2. The van der Waals surface area contributed by atoms with Crippen LogP contribution in [0, 0.1) is 0 Å². The zero-order chi connectivity index (χ0) is 28.2. The number of piperidine rings is 1. The number of nitrogens with two attached hydrogens (primary N) is 2. The Morgan fingerprint density at radius 2 is 1.90 bits per heavy atom. The van der Waals surface area contributed by atoms with Crippen molar-refractivity contribution in [1.29, 1.82) is 0 Å². The number of benzene rings is 1. The zero-order valence-electron chi connectivity index (χ0n) is 20.8. The molecule has 4 amide bonds. The van der Waals surface area contributed by atoms with Gasteiger partial charge in [0.25, 0.3) is 11.8 Å². The molecule has 2 aliphatic heterocycles. The van der Waals surface area contributed by atoms with Crippen molar-refractivity contribution in [2.45, 2.75) is 31.1 Å². The number of aliphatic carboxylic acids is 1. The van der Waals surface area contributed by atoms with E-state index in [1.807, 2.05) is 0 Å². The molecule has 2 aromatic rings. The van der Waals surface area contributed by atoms with Crippen molar-refractivity contribution in [3.63, 3.8) is 0 Å². The fourth-order valence-corrected chi connectivity index (χ4v) is 4.56. The van der Waals surface area contributed by atoms with E-state index in [0.29, 0.717) is 43.7 Å². The number of carboxylic acid groups (broad SMARTS) is 1. The Morgan fingerprint density at radius 1 is 1.15 bits per heavy atom. The highest BCUT2D eigenvalue weighted by Crippen LogP contribution is 2.27. The smallest absolute Gasteiger partial charge is 0.319 e. The van der Waals surface area contributed by atoms with E-state index in [4.69, 9.17) is 28.2 Å². The second-order valence-corrected chi connectivity index (χ2v) is 9.60. The Bertz CT molecular complexity index is 1280. The molecule has 4 rings (SSSR count). The second kappa shape index (κ2) is 11.7. The van der Waals surface area contributed by atoms with Crippen molar-refractivity contribution in [2.75, 3.05) is 43.0 Å². The Kier molecular flexibility index (Phi) is 8.32. The van der Waals surface area contributed by atoms with Gasteiger partial charge in [0.2, 0.25) is 0 Å². The van der Waals surface area contributed by atoms with Crippen LogP contribution in [-0.4, -0.2) is 81.8 Å². The van der Waals surface area contributed by atoms with Gasteiger partial charge in [-0.3, -0.25) is 25.0 Å². The molecular weight excluding hydrogens is 532 g/mol. The number of rotatable bonds is 7. The third-order valence-electron chi connectivity index (χ3n) is 6.49. The summed E-state index contributed by atoms with van der Waals surface area (Å²) in [6.07, 6.45) is 0.525. The molecule has 208 valence electrons. The zero-order valence-corrected chi connectivity index (χ0v) is 21.5. The lowest BCUT2D eigenvalue weighted by Crippen LogP contribution is -2.57. The Morgan fingerprint density at radius 3 is 2.62 bits per heavy atom. The number of likely N-dealkylation sites (tertiary alicyclic amines) is 1. The van der Waals surface area contributed by atoms with Gasteiger partial charge in [-0.1, -0.05) is 17.7 Å². The molecule has 2 aliphatic rings. The lowest BCUT2D eigenvalue weighted by molar-refractivity contribution is -0.136. The highest BCUT2D eigenvalue weighted by atomic mass is 35.5. The molecule has 2 saturated heterocycles. The highest BCUT2D eigenvalue weighted by Gasteiger charge is 2.42. The first-order chi connectivity index (χ1) is 18.5. The van der Waals surface area contributed by atoms with Crippen LogP contribution < -0.4 is 38.1 Å². The first-order valence-electron chi connectivity index (χ1n) is 12.1. The molecule has 1 unspecified atom stereocenters. The minimum Gasteiger partial charge on any atom is -0.481 e. The molecule has 0 bridgehead atoms. The molecule has 1 aromatic heterocycles. The van der Waals surface area contributed by atoms with Crippen molar-refractivity contribution in [3.05, 3.63) is 40.7 Å². The van der Waals surface area contributed by atoms with E-state index in [1.165, 1.54) is 0 Å². The molecule has 1 spiro atoms. The number of carbonyl (C=O) groups excluding carboxylic acids is 3. The topological polar surface area (TPSA) is 230 Å². The van der Waals surface area contributed by atoms with Crippen LogP contribution >= 0.6 is 11.6 Å². The Hall–Kier alpha value is -4.21. The number of anilines is 3. The summed E-state index contributed by atoms with van der Waals surface area (Å²) >= 11 is 5.87. The molecule has 0 saturated carbocycles. The van der Waals surface area contributed by atoms with Crippen LogP contribution in [-0.2, 0) is 4.79 Å². The van der Waals surface area contributed by atoms with Gasteiger partial charge >= 0.3 is 12.0 Å². The molecule has 15 nitrogen and oxygen atoms in total. The standard InChI is InChI=1S/C23H29ClN10O5/c24-16-18(26)31-17(25)15(30-16)19(37)32-21-28-11-23(33-21)5-8-34(9-6-23)20(38)12-2-1-3-13(10-12)29-22(39)27-7-4-14(35)36/h1-3,10,21,28,33H,4-9,11H2,(H,32,37)(H,35,36)(H4,25,26,31)(H2,27,29,39). The average molecular weight is 561 g/mol. The molecule has 3 heterocycles. The summed E-state index contributed by atoms with van der Waals surface area (Å²) in [5.41, 5.74) is 11.7. The van der Waals surface area contributed by atoms with Gasteiger partial charge in [-0.2, -0.15) is 0 Å². The molecule has 10 N–H and O–H groups in total. The van der Waals surface area contributed by atoms with Crippen LogP contribution in [0.4, 0.5) is 22.1 Å². The van der Waals surface area contributed by atoms with Gasteiger partial charge in [0.15, 0.2) is 22.5 Å². The van der Waals surface area contributed by atoms with Crippen molar-refractivity contribution >= 4 is 52.7 Å². The summed E-state index contributed by atoms with van der Waals surface area (Å²) in [5.74, 6) is -1.96. The van der Waals surface area contributed by atoms with Gasteiger partial charge in [0, 0.05) is 43.0 Å². The second-order valence-electron chi connectivity index (χ2n) is 9.24. The normalized spacial score (nSPS) is 18.0. The van der Waals surface area contributed by atoms with Crippen molar-refractivity contribution in [2.24, 2.45) is 0 Å². The predicted molar refractivity (Wildman–Crippen MR) is 142 cm³/mol. The monoisotopic (exact) mass is 560 g/mol. The van der Waals surface area contributed by atoms with Crippen LogP contribution in [0.15, 0.2) is 24.3 Å². The van der Waals surface area contributed by atoms with Crippen LogP contribution in [0.2, 0.25) is 5.15 Å². The van der Waals surface area contributed by atoms with Crippen LogP contribution in [0.5, 0.6) is 0 Å². The number of urea groups is 1. The van der Waals surface area contributed by atoms with E-state index in [0.717, 1.165) is 0 Å². The number of amides is 4. The molecule has 0 aliphatic carbocycles. The van der Waals surface area contributed by atoms with E-state index < -0.39 is 24.2 Å². The van der Waals surface area contributed by atoms with Crippen molar-refractivity contribution < 1.29 is 24.3 Å². The van der Waals surface area contributed by atoms with E-state index in [2.05, 4.69) is 36.6 Å². The van der Waals surface area contributed by atoms with E-state index in [-0.39, 0.29) is 46.9 Å². The maximum absolute atomic E-state index is 13.1. The number of hydrogen-bond donors (Lipinski definition) is 8. The highest BCUT2D eigenvalue weighted by molar-refractivity contribution is 6.31. The number of hydrogen-bond acceptors (Lipinski definition) is 10. The molecular formula is C23H29ClN10O5. The van der Waals surface area contributed by atoms with E-state index in [9.17, 15) is 19.2 Å². The van der Waals surface area contributed by atoms with Gasteiger partial charge in [0.05, 0.1) is 6.42 Å². The number of aromatic nitrogens is 2. The SMILES string of the molecule is Nc1nc(N)c(C(=O)NC2NCC3(CCN(C(=O)c4cccc(NC(=O)NCCC(=O)O)c4)CC3)N2)nc1Cl. The molecule has 16 heteroatoms. The van der Waals surface area contributed by atoms with E-state index in [1.54, 1.807) is 29.2 Å². The van der Waals surface area contributed by atoms with Crippen LogP contribution in [0.3, 0.4) is 0 Å². The van der Waals surface area contributed by atoms with Gasteiger partial charge in [-0.15, -0.1) is 0 Å². The maximum atomic E-state index is 13.1. The Balaban J connectivity index is 1.29. The van der Waals surface area contributed by atoms with Crippen LogP contribution in [0.1, 0.15) is 40.1 Å². The molecule has 1 aromatic carbocycles. The number of carbonyl (C=O) groups is 4. The summed E-state index contributed by atoms with van der Waals surface area (Å²) in [5, 5.41) is 23.0. The number of carboxylic acids is 1. The molecule has 0 radical (unpaired) electrons. The maximum Gasteiger partial charge on any atom is 0.319 e. The first-order valence-corrected chi connectivity index (χ1v) is 12.5. The predicted octanol–water partition coefficient (Wildman–Crippen LogP) is -0.228. The average Bonchev–Trinajstić information content (AvgIpc) is 3.27. The lowest BCUT2D eigenvalue weighted by atomic mass is 9.88. The lowest BCUT2D eigenvalue weighted by Gasteiger charge is -2.39. The number of nitrogens with one attached hydrogen (secondary N) is 5. The molecule has 1 atom stereocenters. The fourth-order valence-electron chi connectivity index (χ4n) is 4.43. The van der Waals surface area contributed by atoms with Gasteiger partial charge in [0.1, 0.15) is 6.29 Å². The van der Waals surface area contributed by atoms with Crippen molar-refractivity contribution in [3.8, 4) is 0 Å². The summed E-state index contributed by atoms with van der Waals surface area (Å²) in [6, 6.07) is 5.98. The summed E-state index contributed by atoms with van der Waals surface area (Å²) < 4.78 is 0. The van der Waals surface area contributed by atoms with Crippen LogP contribution in [0.25, 0.3) is 0 Å². The third-order valence-corrected chi connectivity index (χ3v) is 6.77. The Labute approximate surface area is 228 Å². The fraction of sp³-hybridized carbons (Fsp3) is 0.391. The minimum atomic E-state index is -1.02. The van der Waals surface area contributed by atoms with E-state index >= 15 is 0 Å². The van der Waals surface area contributed by atoms with Crippen molar-refractivity contribution in [1.82, 2.24) is 36.1 Å². The summed E-state index contributed by atoms with van der Waals surface area (Å²) in [6.45, 7) is 1.52. The quantitative estimate of drug-likeness (QED) is 0.220. The number of halogens is 1. The van der Waals surface area contributed by atoms with Gasteiger partial charge in [-0.05, 0) is 31.0 Å². The first kappa shape index (κ1) is 27.8. The number of nitrogens with zero attached hydrogens (tertiary/aromatic N) is 3. The summed E-state index contributed by atoms with van der Waals surface area (Å²) in [4.78, 5) is 57.8.